The maximum atomic E-state index is 5.29. The van der Waals surface area contributed by atoms with Gasteiger partial charge in [0.1, 0.15) is 0 Å². The average Bonchev–Trinajstić information content (AvgIpc) is 2.11. The van der Waals surface area contributed by atoms with E-state index in [1.54, 1.807) is 14.2 Å². The molecule has 0 fully saturated rings. The maximum Gasteiger partial charge on any atom is 0.322 e. The lowest BCUT2D eigenvalue weighted by Crippen LogP contribution is -2.38. The van der Waals surface area contributed by atoms with Crippen LogP contribution in [-0.2, 0) is 8.85 Å². The molecule has 1 N–H and O–H groups in total. The summed E-state index contributed by atoms with van der Waals surface area (Å²) in [6, 6.07) is 2.12. The Morgan fingerprint density at radius 3 is 2.08 bits per heavy atom. The summed E-state index contributed by atoms with van der Waals surface area (Å²) in [5.41, 5.74) is 0. The van der Waals surface area contributed by atoms with Crippen LogP contribution in [0.1, 0.15) is 27.2 Å². The van der Waals surface area contributed by atoms with Crippen LogP contribution >= 0.6 is 0 Å². The monoisotopic (exact) mass is 205 g/mol. The van der Waals surface area contributed by atoms with Crippen LogP contribution in [0, 0.1) is 0 Å². The minimum atomic E-state index is -1.39. The van der Waals surface area contributed by atoms with Gasteiger partial charge in [0, 0.05) is 32.3 Å². The number of rotatable bonds is 7. The van der Waals surface area contributed by atoms with Crippen LogP contribution in [0.3, 0.4) is 0 Å². The molecule has 0 saturated heterocycles. The van der Waals surface area contributed by atoms with E-state index in [9.17, 15) is 0 Å². The van der Waals surface area contributed by atoms with E-state index in [1.807, 2.05) is 0 Å². The zero-order chi connectivity index (χ0) is 10.3. The van der Waals surface area contributed by atoms with E-state index in [1.165, 1.54) is 0 Å². The molecule has 0 saturated carbocycles. The summed E-state index contributed by atoms with van der Waals surface area (Å²) >= 11 is 0. The lowest BCUT2D eigenvalue weighted by atomic mass is 10.2. The summed E-state index contributed by atoms with van der Waals surface area (Å²) < 4.78 is 10.6. The van der Waals surface area contributed by atoms with Gasteiger partial charge in [-0.15, -0.1) is 0 Å². The van der Waals surface area contributed by atoms with Gasteiger partial charge in [-0.25, -0.2) is 0 Å². The van der Waals surface area contributed by atoms with Crippen LogP contribution < -0.4 is 5.32 Å². The molecule has 0 aliphatic rings. The van der Waals surface area contributed by atoms with Crippen molar-refractivity contribution >= 4 is 9.28 Å². The van der Waals surface area contributed by atoms with Gasteiger partial charge in [0.2, 0.25) is 0 Å². The number of hydrogen-bond acceptors (Lipinski definition) is 3. The first-order valence-electron chi connectivity index (χ1n) is 4.95. The Labute approximate surface area is 83.7 Å². The van der Waals surface area contributed by atoms with Crippen molar-refractivity contribution in [1.29, 1.82) is 0 Å². The predicted octanol–water partition coefficient (Wildman–Crippen LogP) is 1.28. The minimum Gasteiger partial charge on any atom is -0.400 e. The van der Waals surface area contributed by atoms with Gasteiger partial charge in [0.15, 0.2) is 0 Å². The largest absolute Gasteiger partial charge is 0.400 e. The Hall–Kier alpha value is 0.0969. The third kappa shape index (κ3) is 6.21. The molecule has 1 atom stereocenters. The van der Waals surface area contributed by atoms with Crippen molar-refractivity contribution in [3.05, 3.63) is 0 Å². The van der Waals surface area contributed by atoms with Crippen LogP contribution in [0.4, 0.5) is 0 Å². The van der Waals surface area contributed by atoms with Crippen molar-refractivity contribution in [2.75, 3.05) is 14.2 Å². The highest BCUT2D eigenvalue weighted by Gasteiger charge is 2.17. The van der Waals surface area contributed by atoms with Gasteiger partial charge >= 0.3 is 9.28 Å². The van der Waals surface area contributed by atoms with Crippen LogP contribution in [0.5, 0.6) is 0 Å². The second kappa shape index (κ2) is 7.50. The summed E-state index contributed by atoms with van der Waals surface area (Å²) in [6.07, 6.45) is 1.13. The van der Waals surface area contributed by atoms with Gasteiger partial charge in [-0.1, -0.05) is 20.8 Å². The molecule has 0 aromatic carbocycles. The first-order valence-corrected chi connectivity index (χ1v) is 6.71. The Morgan fingerprint density at radius 2 is 1.77 bits per heavy atom. The zero-order valence-corrected chi connectivity index (χ0v) is 10.6. The molecule has 0 aromatic heterocycles. The summed E-state index contributed by atoms with van der Waals surface area (Å²) in [7, 11) is 2.09. The summed E-state index contributed by atoms with van der Waals surface area (Å²) in [6.45, 7) is 6.52. The Bertz CT molecular complexity index is 118. The molecule has 80 valence electrons. The fraction of sp³-hybridized carbons (Fsp3) is 1.00. The van der Waals surface area contributed by atoms with Gasteiger partial charge in [0.25, 0.3) is 0 Å². The lowest BCUT2D eigenvalue weighted by molar-refractivity contribution is 0.269. The normalized spacial score (nSPS) is 14.1. The standard InChI is InChI=1S/C9H23NO2Si/c1-6-9(10-8(2)3)7-13(11-4)12-5/h8-10,13H,6-7H2,1-5H3. The second-order valence-corrected chi connectivity index (χ2v) is 5.84. The molecule has 4 heteroatoms. The smallest absolute Gasteiger partial charge is 0.322 e. The molecule has 0 bridgehead atoms. The van der Waals surface area contributed by atoms with Gasteiger partial charge in [-0.3, -0.25) is 0 Å². The van der Waals surface area contributed by atoms with Crippen LogP contribution in [-0.4, -0.2) is 35.6 Å². The molecule has 0 aliphatic carbocycles. The van der Waals surface area contributed by atoms with Gasteiger partial charge < -0.3 is 14.2 Å². The maximum absolute atomic E-state index is 5.29. The molecule has 0 rings (SSSR count). The topological polar surface area (TPSA) is 30.5 Å². The molecule has 0 amide bonds. The quantitative estimate of drug-likeness (QED) is 0.635. The highest BCUT2D eigenvalue weighted by molar-refractivity contribution is 6.44. The third-order valence-corrected chi connectivity index (χ3v) is 4.07. The van der Waals surface area contributed by atoms with E-state index in [-0.39, 0.29) is 0 Å². The van der Waals surface area contributed by atoms with Crippen molar-refractivity contribution in [3.8, 4) is 0 Å². The molecular weight excluding hydrogens is 182 g/mol. The number of nitrogens with one attached hydrogen (secondary N) is 1. The van der Waals surface area contributed by atoms with Crippen LogP contribution in [0.25, 0.3) is 0 Å². The van der Waals surface area contributed by atoms with Gasteiger partial charge in [-0.05, 0) is 6.42 Å². The van der Waals surface area contributed by atoms with Crippen LogP contribution in [0.2, 0.25) is 6.04 Å². The van der Waals surface area contributed by atoms with E-state index in [4.69, 9.17) is 8.85 Å². The van der Waals surface area contributed by atoms with E-state index in [2.05, 4.69) is 26.1 Å². The van der Waals surface area contributed by atoms with E-state index < -0.39 is 9.28 Å². The van der Waals surface area contributed by atoms with E-state index in [0.717, 1.165) is 12.5 Å². The first kappa shape index (κ1) is 13.1. The average molecular weight is 205 g/mol. The molecule has 3 nitrogen and oxygen atoms in total. The Kier molecular flexibility index (Phi) is 7.55. The molecular formula is C9H23NO2Si. The van der Waals surface area contributed by atoms with Crippen molar-refractivity contribution in [3.63, 3.8) is 0 Å². The molecule has 1 unspecified atom stereocenters. The SMILES string of the molecule is CCC(C[SiH](OC)OC)NC(C)C. The fourth-order valence-corrected chi connectivity index (χ4v) is 2.86. The predicted molar refractivity (Wildman–Crippen MR) is 58.3 cm³/mol. The van der Waals surface area contributed by atoms with E-state index in [0.29, 0.717) is 12.1 Å². The lowest BCUT2D eigenvalue weighted by Gasteiger charge is -2.22. The molecule has 0 spiro atoms. The van der Waals surface area contributed by atoms with Crippen molar-refractivity contribution < 1.29 is 8.85 Å². The first-order chi connectivity index (χ1) is 6.13. The molecule has 0 heterocycles. The minimum absolute atomic E-state index is 0.535. The molecule has 0 aliphatic heterocycles. The highest BCUT2D eigenvalue weighted by Crippen LogP contribution is 2.05. The summed E-state index contributed by atoms with van der Waals surface area (Å²) in [4.78, 5) is 0. The Morgan fingerprint density at radius 1 is 1.23 bits per heavy atom. The Balaban J connectivity index is 3.80. The molecule has 13 heavy (non-hydrogen) atoms. The molecule has 0 radical (unpaired) electrons. The molecule has 0 aromatic rings. The number of hydrogen-bond donors (Lipinski definition) is 1. The van der Waals surface area contributed by atoms with Crippen molar-refractivity contribution in [2.45, 2.75) is 45.3 Å². The summed E-state index contributed by atoms with van der Waals surface area (Å²) in [5.74, 6) is 0. The van der Waals surface area contributed by atoms with Crippen LogP contribution in [0.15, 0.2) is 0 Å². The van der Waals surface area contributed by atoms with E-state index >= 15 is 0 Å². The third-order valence-electron chi connectivity index (χ3n) is 2.06. The second-order valence-electron chi connectivity index (χ2n) is 3.56. The van der Waals surface area contributed by atoms with Gasteiger partial charge in [-0.2, -0.15) is 0 Å². The van der Waals surface area contributed by atoms with Crippen molar-refractivity contribution in [2.24, 2.45) is 0 Å². The van der Waals surface area contributed by atoms with Crippen molar-refractivity contribution in [1.82, 2.24) is 5.32 Å². The highest BCUT2D eigenvalue weighted by atomic mass is 28.3. The fourth-order valence-electron chi connectivity index (χ4n) is 1.34. The summed E-state index contributed by atoms with van der Waals surface area (Å²) in [5, 5.41) is 3.50. The zero-order valence-electron chi connectivity index (χ0n) is 9.46. The van der Waals surface area contributed by atoms with Gasteiger partial charge in [0.05, 0.1) is 0 Å².